The van der Waals surface area contributed by atoms with Crippen molar-refractivity contribution in [2.24, 2.45) is 0 Å². The van der Waals surface area contributed by atoms with Crippen molar-refractivity contribution < 1.29 is 9.47 Å². The number of hydrogen-bond donors (Lipinski definition) is 1. The van der Waals surface area contributed by atoms with Crippen molar-refractivity contribution in [1.82, 2.24) is 10.3 Å². The van der Waals surface area contributed by atoms with Gasteiger partial charge in [-0.25, -0.2) is 0 Å². The van der Waals surface area contributed by atoms with Gasteiger partial charge >= 0.3 is 0 Å². The molecule has 0 radical (unpaired) electrons. The number of ether oxygens (including phenoxy) is 2. The van der Waals surface area contributed by atoms with Crippen molar-refractivity contribution in [2.45, 2.75) is 6.04 Å². The number of aromatic nitrogens is 1. The Labute approximate surface area is 127 Å². The van der Waals surface area contributed by atoms with Gasteiger partial charge in [-0.1, -0.05) is 0 Å². The third kappa shape index (κ3) is 3.29. The summed E-state index contributed by atoms with van der Waals surface area (Å²) in [5.74, 6) is 1.53. The number of nitrogens with one attached hydrogen (secondary N) is 1. The van der Waals surface area contributed by atoms with Crippen LogP contribution in [0.15, 0.2) is 41.1 Å². The highest BCUT2D eigenvalue weighted by atomic mass is 79.9. The van der Waals surface area contributed by atoms with E-state index in [1.807, 2.05) is 37.5 Å². The first-order valence-electron chi connectivity index (χ1n) is 6.18. The summed E-state index contributed by atoms with van der Waals surface area (Å²) in [5.41, 5.74) is 2.13. The van der Waals surface area contributed by atoms with Gasteiger partial charge in [-0.15, -0.1) is 0 Å². The zero-order valence-electron chi connectivity index (χ0n) is 11.7. The van der Waals surface area contributed by atoms with E-state index in [-0.39, 0.29) is 6.04 Å². The molecule has 1 aromatic carbocycles. The molecule has 1 unspecified atom stereocenters. The van der Waals surface area contributed by atoms with Gasteiger partial charge in [-0.2, -0.15) is 0 Å². The monoisotopic (exact) mass is 336 g/mol. The van der Waals surface area contributed by atoms with E-state index in [0.717, 1.165) is 27.1 Å². The van der Waals surface area contributed by atoms with Gasteiger partial charge in [0.25, 0.3) is 0 Å². The smallest absolute Gasteiger partial charge is 0.122 e. The van der Waals surface area contributed by atoms with Crippen LogP contribution >= 0.6 is 15.9 Å². The fraction of sp³-hybridized carbons (Fsp3) is 0.267. The van der Waals surface area contributed by atoms with Gasteiger partial charge < -0.3 is 14.8 Å². The van der Waals surface area contributed by atoms with Crippen LogP contribution in [0.5, 0.6) is 11.5 Å². The summed E-state index contributed by atoms with van der Waals surface area (Å²) >= 11 is 3.45. The molecule has 4 nitrogen and oxygen atoms in total. The number of methoxy groups -OCH3 is 2. The van der Waals surface area contributed by atoms with Crippen LogP contribution in [-0.4, -0.2) is 26.3 Å². The van der Waals surface area contributed by atoms with Crippen molar-refractivity contribution in [3.63, 3.8) is 0 Å². The molecule has 0 aliphatic heterocycles. The van der Waals surface area contributed by atoms with Crippen LogP contribution < -0.4 is 14.8 Å². The van der Waals surface area contributed by atoms with E-state index in [2.05, 4.69) is 26.2 Å². The fourth-order valence-corrected chi connectivity index (χ4v) is 2.49. The Morgan fingerprint density at radius 1 is 1.00 bits per heavy atom. The normalized spacial score (nSPS) is 12.0. The number of hydrogen-bond acceptors (Lipinski definition) is 4. The largest absolute Gasteiger partial charge is 0.497 e. The predicted molar refractivity (Wildman–Crippen MR) is 82.4 cm³/mol. The summed E-state index contributed by atoms with van der Waals surface area (Å²) in [6.07, 6.45) is 3.61. The Bertz CT molecular complexity index is 568. The summed E-state index contributed by atoms with van der Waals surface area (Å²) in [7, 11) is 5.21. The first-order chi connectivity index (χ1) is 9.67. The molecule has 0 fully saturated rings. The van der Waals surface area contributed by atoms with Crippen molar-refractivity contribution in [3.8, 4) is 11.5 Å². The lowest BCUT2D eigenvalue weighted by atomic mass is 10.00. The Morgan fingerprint density at radius 2 is 1.65 bits per heavy atom. The first kappa shape index (κ1) is 14.8. The van der Waals surface area contributed by atoms with Gasteiger partial charge in [0.2, 0.25) is 0 Å². The van der Waals surface area contributed by atoms with E-state index in [0.29, 0.717) is 0 Å². The molecular formula is C15H17BrN2O2. The average molecular weight is 337 g/mol. The highest BCUT2D eigenvalue weighted by molar-refractivity contribution is 9.10. The molecule has 20 heavy (non-hydrogen) atoms. The summed E-state index contributed by atoms with van der Waals surface area (Å²) in [6, 6.07) is 7.90. The Balaban J connectivity index is 2.45. The SMILES string of the molecule is CNC(c1cncc(Br)c1)c1cc(OC)cc(OC)c1. The topological polar surface area (TPSA) is 43.4 Å². The van der Waals surface area contributed by atoms with Gasteiger partial charge in [0.05, 0.1) is 20.3 Å². The highest BCUT2D eigenvalue weighted by Gasteiger charge is 2.15. The molecule has 0 spiro atoms. The molecule has 0 bridgehead atoms. The lowest BCUT2D eigenvalue weighted by molar-refractivity contribution is 0.392. The second-order valence-electron chi connectivity index (χ2n) is 4.30. The summed E-state index contributed by atoms with van der Waals surface area (Å²) in [6.45, 7) is 0. The molecule has 1 N–H and O–H groups in total. The highest BCUT2D eigenvalue weighted by Crippen LogP contribution is 2.30. The summed E-state index contributed by atoms with van der Waals surface area (Å²) in [4.78, 5) is 4.21. The fourth-order valence-electron chi connectivity index (χ4n) is 2.11. The van der Waals surface area contributed by atoms with E-state index < -0.39 is 0 Å². The molecule has 106 valence electrons. The van der Waals surface area contributed by atoms with Gasteiger partial charge in [0.15, 0.2) is 0 Å². The maximum atomic E-state index is 5.32. The molecule has 0 amide bonds. The lowest BCUT2D eigenvalue weighted by Gasteiger charge is -2.19. The molecule has 2 rings (SSSR count). The zero-order valence-corrected chi connectivity index (χ0v) is 13.3. The molecule has 1 aromatic heterocycles. The van der Waals surface area contributed by atoms with Crippen LogP contribution in [0.3, 0.4) is 0 Å². The molecular weight excluding hydrogens is 320 g/mol. The number of pyridine rings is 1. The van der Waals surface area contributed by atoms with Gasteiger partial charge in [0.1, 0.15) is 11.5 Å². The number of halogens is 1. The molecule has 2 aromatic rings. The quantitative estimate of drug-likeness (QED) is 0.910. The minimum Gasteiger partial charge on any atom is -0.497 e. The van der Waals surface area contributed by atoms with Crippen LogP contribution in [0, 0.1) is 0 Å². The van der Waals surface area contributed by atoms with Crippen molar-refractivity contribution in [2.75, 3.05) is 21.3 Å². The maximum Gasteiger partial charge on any atom is 0.122 e. The van der Waals surface area contributed by atoms with Crippen LogP contribution in [0.1, 0.15) is 17.2 Å². The van der Waals surface area contributed by atoms with Gasteiger partial charge in [-0.05, 0) is 52.3 Å². The van der Waals surface area contributed by atoms with Crippen molar-refractivity contribution in [3.05, 3.63) is 52.3 Å². The Hall–Kier alpha value is -1.59. The third-order valence-electron chi connectivity index (χ3n) is 3.06. The summed E-state index contributed by atoms with van der Waals surface area (Å²) in [5, 5.41) is 3.29. The molecule has 5 heteroatoms. The second kappa shape index (κ2) is 6.72. The molecule has 0 saturated carbocycles. The second-order valence-corrected chi connectivity index (χ2v) is 5.22. The van der Waals surface area contributed by atoms with E-state index >= 15 is 0 Å². The van der Waals surface area contributed by atoms with E-state index in [9.17, 15) is 0 Å². The van der Waals surface area contributed by atoms with Gasteiger partial charge in [-0.3, -0.25) is 4.98 Å². The van der Waals surface area contributed by atoms with Crippen LogP contribution in [0.2, 0.25) is 0 Å². The van der Waals surface area contributed by atoms with E-state index in [4.69, 9.17) is 9.47 Å². The maximum absolute atomic E-state index is 5.32. The van der Waals surface area contributed by atoms with Crippen molar-refractivity contribution >= 4 is 15.9 Å². The molecule has 0 aliphatic rings. The third-order valence-corrected chi connectivity index (χ3v) is 3.49. The molecule has 1 heterocycles. The van der Waals surface area contributed by atoms with Crippen LogP contribution in [0.25, 0.3) is 0 Å². The minimum atomic E-state index is 0.0176. The molecule has 0 saturated heterocycles. The van der Waals surface area contributed by atoms with Crippen LogP contribution in [-0.2, 0) is 0 Å². The number of nitrogens with zero attached hydrogens (tertiary/aromatic N) is 1. The molecule has 0 aliphatic carbocycles. The van der Waals surface area contributed by atoms with Crippen molar-refractivity contribution in [1.29, 1.82) is 0 Å². The summed E-state index contributed by atoms with van der Waals surface area (Å²) < 4.78 is 11.6. The standard InChI is InChI=1S/C15H17BrN2O2/c1-17-15(11-4-12(16)9-18-8-11)10-5-13(19-2)7-14(6-10)20-3/h4-9,15,17H,1-3H3. The predicted octanol–water partition coefficient (Wildman–Crippen LogP) is 3.17. The van der Waals surface area contributed by atoms with E-state index in [1.54, 1.807) is 20.4 Å². The van der Waals surface area contributed by atoms with E-state index in [1.165, 1.54) is 0 Å². The number of benzene rings is 1. The van der Waals surface area contributed by atoms with Gasteiger partial charge in [0, 0.05) is 22.9 Å². The minimum absolute atomic E-state index is 0.0176. The lowest BCUT2D eigenvalue weighted by Crippen LogP contribution is -2.18. The Morgan fingerprint density at radius 3 is 2.15 bits per heavy atom. The van der Waals surface area contributed by atoms with Crippen LogP contribution in [0.4, 0.5) is 0 Å². The number of rotatable bonds is 5. The zero-order chi connectivity index (χ0) is 14.5. The average Bonchev–Trinajstić information content (AvgIpc) is 2.47. The molecule has 1 atom stereocenters. The first-order valence-corrected chi connectivity index (χ1v) is 6.98. The Kier molecular flexibility index (Phi) is 4.98.